The summed E-state index contributed by atoms with van der Waals surface area (Å²) < 4.78 is 5.61. The first kappa shape index (κ1) is 19.6. The monoisotopic (exact) mass is 358 g/mol. The number of ether oxygens (including phenoxy) is 1. The summed E-state index contributed by atoms with van der Waals surface area (Å²) in [6.45, 7) is 10.1. The average molecular weight is 358 g/mol. The summed E-state index contributed by atoms with van der Waals surface area (Å²) in [4.78, 5) is 19.6. The molecule has 0 saturated carbocycles. The smallest absolute Gasteiger partial charge is 0.373 e. The number of hydrogen-bond donors (Lipinski definition) is 1. The van der Waals surface area contributed by atoms with Gasteiger partial charge in [0.1, 0.15) is 5.82 Å². The number of benzene rings is 1. The van der Waals surface area contributed by atoms with Gasteiger partial charge in [0.15, 0.2) is 0 Å². The van der Waals surface area contributed by atoms with Crippen molar-refractivity contribution in [1.82, 2.24) is 9.97 Å². The summed E-state index contributed by atoms with van der Waals surface area (Å²) in [5.74, 6) is 0.595. The zero-order chi connectivity index (χ0) is 19.3. The van der Waals surface area contributed by atoms with Crippen molar-refractivity contribution in [2.75, 3.05) is 11.9 Å². The van der Waals surface area contributed by atoms with Gasteiger partial charge in [0.25, 0.3) is 5.88 Å². The van der Waals surface area contributed by atoms with E-state index in [1.165, 1.54) is 0 Å². The Morgan fingerprint density at radius 2 is 1.77 bits per heavy atom. The van der Waals surface area contributed by atoms with Crippen LogP contribution in [-0.2, 0) is 0 Å². The van der Waals surface area contributed by atoms with E-state index < -0.39 is 4.92 Å². The van der Waals surface area contributed by atoms with Crippen molar-refractivity contribution in [3.8, 4) is 5.88 Å². The minimum Gasteiger partial charge on any atom is -0.473 e. The standard InChI is InChI=1S/C19H26N4O3/c1-6-7-8-9-26-19-17(23(24)25)18(20-15(5)21-19)22-16-13(3)10-12(2)11-14(16)4/h10-11H,6-9H2,1-5H3,(H,20,21,22). The highest BCUT2D eigenvalue weighted by atomic mass is 16.6. The zero-order valence-corrected chi connectivity index (χ0v) is 16.0. The predicted molar refractivity (Wildman–Crippen MR) is 102 cm³/mol. The molecule has 0 atom stereocenters. The van der Waals surface area contributed by atoms with Crippen LogP contribution in [0.15, 0.2) is 12.1 Å². The first-order chi connectivity index (χ1) is 12.3. The van der Waals surface area contributed by atoms with Crippen LogP contribution >= 0.6 is 0 Å². The summed E-state index contributed by atoms with van der Waals surface area (Å²) in [5, 5.41) is 14.8. The van der Waals surface area contributed by atoms with E-state index >= 15 is 0 Å². The van der Waals surface area contributed by atoms with Gasteiger partial charge >= 0.3 is 5.69 Å². The fraction of sp³-hybridized carbons (Fsp3) is 0.474. The fourth-order valence-electron chi connectivity index (χ4n) is 2.91. The SMILES string of the molecule is CCCCCOc1nc(C)nc(Nc2c(C)cc(C)cc2C)c1[N+](=O)[O-]. The highest BCUT2D eigenvalue weighted by Gasteiger charge is 2.26. The number of nitrogens with zero attached hydrogens (tertiary/aromatic N) is 3. The molecule has 0 bridgehead atoms. The number of rotatable bonds is 8. The molecule has 0 amide bonds. The van der Waals surface area contributed by atoms with Crippen LogP contribution in [0.5, 0.6) is 5.88 Å². The number of aromatic nitrogens is 2. The van der Waals surface area contributed by atoms with Crippen LogP contribution in [0.1, 0.15) is 48.7 Å². The number of nitrogens with one attached hydrogen (secondary N) is 1. The van der Waals surface area contributed by atoms with Gasteiger partial charge in [-0.2, -0.15) is 4.98 Å². The maximum Gasteiger partial charge on any atom is 0.373 e. The Morgan fingerprint density at radius 1 is 1.12 bits per heavy atom. The molecule has 1 heterocycles. The molecule has 2 rings (SSSR count). The van der Waals surface area contributed by atoms with Gasteiger partial charge < -0.3 is 10.1 Å². The van der Waals surface area contributed by atoms with Crippen molar-refractivity contribution in [2.24, 2.45) is 0 Å². The second-order valence-electron chi connectivity index (χ2n) is 6.48. The van der Waals surface area contributed by atoms with Gasteiger partial charge in [-0.3, -0.25) is 10.1 Å². The van der Waals surface area contributed by atoms with E-state index in [1.807, 2.05) is 32.9 Å². The molecule has 0 fully saturated rings. The molecule has 0 radical (unpaired) electrons. The Kier molecular flexibility index (Phi) is 6.49. The first-order valence-corrected chi connectivity index (χ1v) is 8.84. The van der Waals surface area contributed by atoms with Crippen LogP contribution in [0.25, 0.3) is 0 Å². The zero-order valence-electron chi connectivity index (χ0n) is 16.0. The van der Waals surface area contributed by atoms with E-state index in [0.29, 0.717) is 12.4 Å². The molecule has 0 spiro atoms. The van der Waals surface area contributed by atoms with Gasteiger partial charge in [-0.1, -0.05) is 37.5 Å². The summed E-state index contributed by atoms with van der Waals surface area (Å²) >= 11 is 0. The van der Waals surface area contributed by atoms with Gasteiger partial charge in [0.05, 0.1) is 11.5 Å². The minimum absolute atomic E-state index is 0.0171. The molecular weight excluding hydrogens is 332 g/mol. The van der Waals surface area contributed by atoms with Crippen molar-refractivity contribution in [1.29, 1.82) is 0 Å². The highest BCUT2D eigenvalue weighted by Crippen LogP contribution is 2.35. The lowest BCUT2D eigenvalue weighted by molar-refractivity contribution is -0.385. The van der Waals surface area contributed by atoms with Crippen LogP contribution in [0, 0.1) is 37.8 Å². The predicted octanol–water partition coefficient (Wildman–Crippen LogP) is 4.93. The number of hydrogen-bond acceptors (Lipinski definition) is 6. The summed E-state index contributed by atoms with van der Waals surface area (Å²) in [6.07, 6.45) is 2.88. The lowest BCUT2D eigenvalue weighted by Gasteiger charge is -2.15. The Morgan fingerprint density at radius 3 is 2.35 bits per heavy atom. The van der Waals surface area contributed by atoms with Crippen LogP contribution in [0.3, 0.4) is 0 Å². The van der Waals surface area contributed by atoms with Gasteiger partial charge in [-0.15, -0.1) is 0 Å². The van der Waals surface area contributed by atoms with Crippen LogP contribution in [-0.4, -0.2) is 21.5 Å². The molecule has 0 saturated heterocycles. The molecule has 0 unspecified atom stereocenters. The van der Waals surface area contributed by atoms with Crippen molar-refractivity contribution in [3.63, 3.8) is 0 Å². The largest absolute Gasteiger partial charge is 0.473 e. The maximum absolute atomic E-state index is 11.7. The Bertz CT molecular complexity index is 783. The van der Waals surface area contributed by atoms with Crippen LogP contribution in [0.2, 0.25) is 0 Å². The molecule has 0 aliphatic rings. The third-order valence-corrected chi connectivity index (χ3v) is 4.05. The highest BCUT2D eigenvalue weighted by molar-refractivity contribution is 5.72. The van der Waals surface area contributed by atoms with E-state index in [4.69, 9.17) is 4.74 Å². The van der Waals surface area contributed by atoms with Crippen molar-refractivity contribution >= 4 is 17.2 Å². The van der Waals surface area contributed by atoms with E-state index in [2.05, 4.69) is 22.2 Å². The normalized spacial score (nSPS) is 10.7. The van der Waals surface area contributed by atoms with Crippen molar-refractivity contribution < 1.29 is 9.66 Å². The minimum atomic E-state index is -0.490. The molecule has 7 heteroatoms. The molecule has 0 aliphatic carbocycles. The van der Waals surface area contributed by atoms with E-state index in [-0.39, 0.29) is 17.4 Å². The van der Waals surface area contributed by atoms with Crippen LogP contribution < -0.4 is 10.1 Å². The second kappa shape index (κ2) is 8.60. The molecule has 1 N–H and O–H groups in total. The molecule has 2 aromatic rings. The van der Waals surface area contributed by atoms with Crippen molar-refractivity contribution in [3.05, 3.63) is 44.8 Å². The van der Waals surface area contributed by atoms with E-state index in [9.17, 15) is 10.1 Å². The molecule has 0 aliphatic heterocycles. The summed E-state index contributed by atoms with van der Waals surface area (Å²) in [7, 11) is 0. The third kappa shape index (κ3) is 4.68. The lowest BCUT2D eigenvalue weighted by atomic mass is 10.1. The lowest BCUT2D eigenvalue weighted by Crippen LogP contribution is -2.09. The number of aryl methyl sites for hydroxylation is 4. The fourth-order valence-corrected chi connectivity index (χ4v) is 2.91. The second-order valence-corrected chi connectivity index (χ2v) is 6.48. The number of anilines is 2. The Hall–Kier alpha value is -2.70. The quantitative estimate of drug-likeness (QED) is 0.409. The summed E-state index contributed by atoms with van der Waals surface area (Å²) in [5.41, 5.74) is 3.72. The van der Waals surface area contributed by atoms with Gasteiger partial charge in [0.2, 0.25) is 5.82 Å². The molecule has 140 valence electrons. The molecule has 26 heavy (non-hydrogen) atoms. The Balaban J connectivity index is 2.41. The van der Waals surface area contributed by atoms with Crippen LogP contribution in [0.4, 0.5) is 17.2 Å². The number of unbranched alkanes of at least 4 members (excludes halogenated alkanes) is 2. The molecule has 7 nitrogen and oxygen atoms in total. The molecular formula is C19H26N4O3. The van der Waals surface area contributed by atoms with Gasteiger partial charge in [0, 0.05) is 5.69 Å². The number of nitro groups is 1. The Labute approximate surface area is 154 Å². The topological polar surface area (TPSA) is 90.2 Å². The molecule has 1 aromatic heterocycles. The summed E-state index contributed by atoms with van der Waals surface area (Å²) in [6, 6.07) is 4.05. The molecule has 1 aromatic carbocycles. The first-order valence-electron chi connectivity index (χ1n) is 8.84. The van der Waals surface area contributed by atoms with Crippen molar-refractivity contribution in [2.45, 2.75) is 53.9 Å². The van der Waals surface area contributed by atoms with E-state index in [1.54, 1.807) is 6.92 Å². The van der Waals surface area contributed by atoms with Gasteiger partial charge in [-0.25, -0.2) is 4.98 Å². The maximum atomic E-state index is 11.7. The third-order valence-electron chi connectivity index (χ3n) is 4.05. The average Bonchev–Trinajstić information content (AvgIpc) is 2.54. The van der Waals surface area contributed by atoms with Gasteiger partial charge in [-0.05, 0) is 45.2 Å². The van der Waals surface area contributed by atoms with E-state index in [0.717, 1.165) is 41.6 Å².